The summed E-state index contributed by atoms with van der Waals surface area (Å²) in [4.78, 5) is 24.0. The average Bonchev–Trinajstić information content (AvgIpc) is 3.06. The quantitative estimate of drug-likeness (QED) is 0.748. The fourth-order valence-electron chi connectivity index (χ4n) is 2.02. The zero-order valence-electron chi connectivity index (χ0n) is 14.6. The lowest BCUT2D eigenvalue weighted by Gasteiger charge is -2.14. The maximum absolute atomic E-state index is 12.1. The van der Waals surface area contributed by atoms with E-state index in [1.54, 1.807) is 17.5 Å². The Morgan fingerprint density at radius 3 is 2.69 bits per heavy atom. The van der Waals surface area contributed by atoms with Gasteiger partial charge in [-0.2, -0.15) is 5.26 Å². The number of thiophene rings is 1. The standard InChI is InChI=1S/C18H18N2O5S/c1-11(2)25-14-5-4-12(8-15(14)23-3)18(22)24-10-16(21)20-17-13(9-19)6-7-26-17/h4-8,11H,10H2,1-3H3,(H,20,21). The highest BCUT2D eigenvalue weighted by molar-refractivity contribution is 7.14. The van der Waals surface area contributed by atoms with Crippen LogP contribution in [0.15, 0.2) is 29.6 Å². The van der Waals surface area contributed by atoms with E-state index in [1.807, 2.05) is 19.9 Å². The van der Waals surface area contributed by atoms with Gasteiger partial charge in [0.1, 0.15) is 11.1 Å². The number of rotatable bonds is 7. The van der Waals surface area contributed by atoms with Gasteiger partial charge in [-0.15, -0.1) is 11.3 Å². The number of nitrogens with one attached hydrogen (secondary N) is 1. The van der Waals surface area contributed by atoms with E-state index >= 15 is 0 Å². The molecule has 0 aliphatic heterocycles. The first-order chi connectivity index (χ1) is 12.4. The predicted octanol–water partition coefficient (Wildman–Crippen LogP) is 3.21. The number of nitriles is 1. The van der Waals surface area contributed by atoms with Crippen molar-refractivity contribution < 1.29 is 23.8 Å². The van der Waals surface area contributed by atoms with Gasteiger partial charge in [-0.25, -0.2) is 4.79 Å². The molecule has 1 amide bonds. The van der Waals surface area contributed by atoms with Crippen LogP contribution < -0.4 is 14.8 Å². The van der Waals surface area contributed by atoms with Crippen molar-refractivity contribution in [2.75, 3.05) is 19.0 Å². The first-order valence-electron chi connectivity index (χ1n) is 7.73. The van der Waals surface area contributed by atoms with Gasteiger partial charge in [0.25, 0.3) is 5.91 Å². The van der Waals surface area contributed by atoms with E-state index in [9.17, 15) is 9.59 Å². The van der Waals surface area contributed by atoms with Crippen LogP contribution in [0.25, 0.3) is 0 Å². The van der Waals surface area contributed by atoms with E-state index in [2.05, 4.69) is 5.32 Å². The van der Waals surface area contributed by atoms with Crippen LogP contribution >= 0.6 is 11.3 Å². The topological polar surface area (TPSA) is 97.6 Å². The van der Waals surface area contributed by atoms with Crippen LogP contribution in [-0.2, 0) is 9.53 Å². The Morgan fingerprint density at radius 2 is 2.04 bits per heavy atom. The van der Waals surface area contributed by atoms with Gasteiger partial charge in [-0.1, -0.05) is 0 Å². The molecule has 0 bridgehead atoms. The van der Waals surface area contributed by atoms with Crippen molar-refractivity contribution >= 4 is 28.2 Å². The molecule has 0 unspecified atom stereocenters. The minimum absolute atomic E-state index is 0.0408. The highest BCUT2D eigenvalue weighted by Gasteiger charge is 2.15. The molecule has 8 heteroatoms. The normalized spacial score (nSPS) is 10.1. The molecule has 0 spiro atoms. The van der Waals surface area contributed by atoms with Gasteiger partial charge < -0.3 is 19.5 Å². The Balaban J connectivity index is 1.97. The smallest absolute Gasteiger partial charge is 0.338 e. The molecule has 0 saturated carbocycles. The maximum Gasteiger partial charge on any atom is 0.338 e. The number of amides is 1. The first kappa shape index (κ1) is 19.3. The second-order valence-corrected chi connectivity index (χ2v) is 6.35. The molecule has 7 nitrogen and oxygen atoms in total. The molecule has 26 heavy (non-hydrogen) atoms. The van der Waals surface area contributed by atoms with Crippen LogP contribution in [0.5, 0.6) is 11.5 Å². The van der Waals surface area contributed by atoms with E-state index in [4.69, 9.17) is 19.5 Å². The van der Waals surface area contributed by atoms with Crippen molar-refractivity contribution in [3.8, 4) is 17.6 Å². The van der Waals surface area contributed by atoms with Gasteiger partial charge in [-0.3, -0.25) is 4.79 Å². The molecule has 2 aromatic rings. The highest BCUT2D eigenvalue weighted by atomic mass is 32.1. The SMILES string of the molecule is COc1cc(C(=O)OCC(=O)Nc2sccc2C#N)ccc1OC(C)C. The summed E-state index contributed by atoms with van der Waals surface area (Å²) in [5.41, 5.74) is 0.597. The second kappa shape index (κ2) is 8.87. The largest absolute Gasteiger partial charge is 0.493 e. The monoisotopic (exact) mass is 374 g/mol. The Labute approximate surface area is 155 Å². The number of methoxy groups -OCH3 is 1. The van der Waals surface area contributed by atoms with Crippen LogP contribution in [0, 0.1) is 11.3 Å². The molecule has 0 aliphatic rings. The lowest BCUT2D eigenvalue weighted by Crippen LogP contribution is -2.20. The van der Waals surface area contributed by atoms with Crippen molar-refractivity contribution in [1.82, 2.24) is 0 Å². The molecule has 1 heterocycles. The number of anilines is 1. The van der Waals surface area contributed by atoms with Crippen molar-refractivity contribution in [3.63, 3.8) is 0 Å². The number of carbonyl (C=O) groups is 2. The maximum atomic E-state index is 12.1. The summed E-state index contributed by atoms with van der Waals surface area (Å²) in [5.74, 6) is -0.279. The molecule has 1 aromatic heterocycles. The van der Waals surface area contributed by atoms with E-state index in [-0.39, 0.29) is 11.7 Å². The summed E-state index contributed by atoms with van der Waals surface area (Å²) in [7, 11) is 1.47. The van der Waals surface area contributed by atoms with Crippen molar-refractivity contribution in [2.24, 2.45) is 0 Å². The lowest BCUT2D eigenvalue weighted by molar-refractivity contribution is -0.119. The van der Waals surface area contributed by atoms with Crippen LogP contribution in [0.1, 0.15) is 29.8 Å². The zero-order valence-corrected chi connectivity index (χ0v) is 15.4. The summed E-state index contributed by atoms with van der Waals surface area (Å²) in [5, 5.41) is 13.6. The van der Waals surface area contributed by atoms with Crippen LogP contribution in [-0.4, -0.2) is 31.7 Å². The average molecular weight is 374 g/mol. The third kappa shape index (κ3) is 4.97. The van der Waals surface area contributed by atoms with Gasteiger partial charge in [0.2, 0.25) is 0 Å². The van der Waals surface area contributed by atoms with Gasteiger partial charge >= 0.3 is 5.97 Å². The fraction of sp³-hybridized carbons (Fsp3) is 0.278. The van der Waals surface area contributed by atoms with Crippen LogP contribution in [0.4, 0.5) is 5.00 Å². The molecule has 0 atom stereocenters. The molecular formula is C18H18N2O5S. The molecule has 0 radical (unpaired) electrons. The van der Waals surface area contributed by atoms with Crippen molar-refractivity contribution in [2.45, 2.75) is 20.0 Å². The zero-order chi connectivity index (χ0) is 19.1. The third-order valence-electron chi connectivity index (χ3n) is 3.13. The Morgan fingerprint density at radius 1 is 1.27 bits per heavy atom. The number of ether oxygens (including phenoxy) is 3. The lowest BCUT2D eigenvalue weighted by atomic mass is 10.2. The number of carbonyl (C=O) groups excluding carboxylic acids is 2. The Hall–Kier alpha value is -3.05. The third-order valence-corrected chi connectivity index (χ3v) is 3.96. The second-order valence-electron chi connectivity index (χ2n) is 5.43. The van der Waals surface area contributed by atoms with Gasteiger partial charge in [0, 0.05) is 0 Å². The van der Waals surface area contributed by atoms with Crippen molar-refractivity contribution in [1.29, 1.82) is 5.26 Å². The molecule has 136 valence electrons. The summed E-state index contributed by atoms with van der Waals surface area (Å²) in [6.45, 7) is 3.30. The molecule has 0 saturated heterocycles. The minimum atomic E-state index is -0.666. The molecule has 2 rings (SSSR count). The highest BCUT2D eigenvalue weighted by Crippen LogP contribution is 2.29. The molecule has 1 aromatic carbocycles. The van der Waals surface area contributed by atoms with Crippen LogP contribution in [0.3, 0.4) is 0 Å². The first-order valence-corrected chi connectivity index (χ1v) is 8.61. The number of nitrogens with zero attached hydrogens (tertiary/aromatic N) is 1. The van der Waals surface area contributed by atoms with Gasteiger partial charge in [-0.05, 0) is 43.5 Å². The van der Waals surface area contributed by atoms with E-state index < -0.39 is 18.5 Å². The molecule has 0 aliphatic carbocycles. The summed E-state index contributed by atoms with van der Waals surface area (Å²) >= 11 is 1.22. The summed E-state index contributed by atoms with van der Waals surface area (Å²) in [6, 6.07) is 8.20. The fourth-order valence-corrected chi connectivity index (χ4v) is 2.77. The minimum Gasteiger partial charge on any atom is -0.493 e. The van der Waals surface area contributed by atoms with Crippen molar-refractivity contribution in [3.05, 3.63) is 40.8 Å². The molecule has 1 N–H and O–H groups in total. The predicted molar refractivity (Wildman–Crippen MR) is 96.7 cm³/mol. The Bertz CT molecular complexity index is 838. The molecule has 0 fully saturated rings. The van der Waals surface area contributed by atoms with E-state index in [1.165, 1.54) is 30.6 Å². The number of hydrogen-bond acceptors (Lipinski definition) is 7. The number of hydrogen-bond donors (Lipinski definition) is 1. The van der Waals surface area contributed by atoms with Gasteiger partial charge in [0.15, 0.2) is 18.1 Å². The number of esters is 1. The molecular weight excluding hydrogens is 356 g/mol. The van der Waals surface area contributed by atoms with E-state index in [0.29, 0.717) is 22.1 Å². The number of benzene rings is 1. The summed E-state index contributed by atoms with van der Waals surface area (Å²) < 4.78 is 15.8. The van der Waals surface area contributed by atoms with Gasteiger partial charge in [0.05, 0.1) is 24.3 Å². The Kier molecular flexibility index (Phi) is 6.58. The van der Waals surface area contributed by atoms with E-state index in [0.717, 1.165) is 0 Å². The van der Waals surface area contributed by atoms with Crippen LogP contribution in [0.2, 0.25) is 0 Å². The summed E-state index contributed by atoms with van der Waals surface area (Å²) in [6.07, 6.45) is -0.0408.